The Morgan fingerprint density at radius 1 is 1.50 bits per heavy atom. The molecule has 0 heterocycles. The molecule has 1 N–H and O–H groups in total. The molecule has 0 aliphatic carbocycles. The van der Waals surface area contributed by atoms with Crippen molar-refractivity contribution in [1.29, 1.82) is 0 Å². The number of aryl methyl sites for hydroxylation is 1. The normalized spacial score (nSPS) is 11.4. The first-order valence-corrected chi connectivity index (χ1v) is 6.54. The van der Waals surface area contributed by atoms with E-state index in [2.05, 4.69) is 20.7 Å². The number of rotatable bonds is 3. The summed E-state index contributed by atoms with van der Waals surface area (Å²) >= 11 is 2.84. The van der Waals surface area contributed by atoms with E-state index in [0.29, 0.717) is 11.3 Å². The van der Waals surface area contributed by atoms with Crippen molar-refractivity contribution in [3.05, 3.63) is 29.6 Å². The fraction of sp³-hybridized carbons (Fsp3) is 0.250. The van der Waals surface area contributed by atoms with E-state index < -0.39 is 10.0 Å². The van der Waals surface area contributed by atoms with E-state index in [1.54, 1.807) is 6.92 Å². The van der Waals surface area contributed by atoms with Crippen LogP contribution >= 0.6 is 15.9 Å². The molecule has 0 aliphatic heterocycles. The number of sulfonamides is 1. The highest BCUT2D eigenvalue weighted by molar-refractivity contribution is 9.10. The number of anilines is 1. The Kier molecular flexibility index (Phi) is 3.49. The van der Waals surface area contributed by atoms with Crippen molar-refractivity contribution in [2.75, 3.05) is 9.38 Å². The van der Waals surface area contributed by atoms with Gasteiger partial charge in [0, 0.05) is 5.69 Å². The smallest absolute Gasteiger partial charge is 0.242 e. The Balaban J connectivity index is 2.94. The van der Waals surface area contributed by atoms with Gasteiger partial charge in [0.15, 0.2) is 0 Å². The molecule has 0 saturated heterocycles. The van der Waals surface area contributed by atoms with Gasteiger partial charge in [-0.2, -0.15) is 0 Å². The molecular weight excluding hydrogens is 273 g/mol. The highest BCUT2D eigenvalue weighted by Crippen LogP contribution is 2.15. The predicted molar refractivity (Wildman–Crippen MR) is 57.5 cm³/mol. The molecule has 0 fully saturated rings. The summed E-state index contributed by atoms with van der Waals surface area (Å²) in [7, 11) is -3.36. The van der Waals surface area contributed by atoms with Crippen LogP contribution in [0.5, 0.6) is 0 Å². The number of hydrogen-bond acceptors (Lipinski definition) is 2. The zero-order valence-corrected chi connectivity index (χ0v) is 9.82. The molecule has 0 bridgehead atoms. The number of benzene rings is 1. The molecule has 1 rings (SSSR count). The maximum absolute atomic E-state index is 12.8. The van der Waals surface area contributed by atoms with Crippen molar-refractivity contribution < 1.29 is 12.8 Å². The van der Waals surface area contributed by atoms with Crippen LogP contribution in [-0.4, -0.2) is 13.1 Å². The standard InChI is InChI=1S/C8H9BrFNO2S/c1-6-4-7(2-3-8(6)10)11-14(12,13)5-9/h2-4,11H,5H2,1H3. The van der Waals surface area contributed by atoms with Crippen LogP contribution < -0.4 is 4.72 Å². The molecule has 14 heavy (non-hydrogen) atoms. The lowest BCUT2D eigenvalue weighted by molar-refractivity contribution is 0.605. The average Bonchev–Trinajstić information content (AvgIpc) is 2.11. The van der Waals surface area contributed by atoms with Gasteiger partial charge in [0.2, 0.25) is 10.0 Å². The predicted octanol–water partition coefficient (Wildman–Crippen LogP) is 2.23. The molecule has 0 amide bonds. The minimum Gasteiger partial charge on any atom is -0.283 e. The molecular formula is C8H9BrFNO2S. The van der Waals surface area contributed by atoms with Crippen LogP contribution in [0.25, 0.3) is 0 Å². The second-order valence-electron chi connectivity index (χ2n) is 2.79. The Bertz CT molecular complexity index is 433. The highest BCUT2D eigenvalue weighted by atomic mass is 79.9. The van der Waals surface area contributed by atoms with Crippen molar-refractivity contribution in [2.45, 2.75) is 6.92 Å². The minimum absolute atomic E-state index is 0.184. The summed E-state index contributed by atoms with van der Waals surface area (Å²) in [5, 5.41) is 0. The highest BCUT2D eigenvalue weighted by Gasteiger charge is 2.08. The van der Waals surface area contributed by atoms with Gasteiger partial charge in [0.1, 0.15) is 10.5 Å². The molecule has 1 aromatic rings. The van der Waals surface area contributed by atoms with E-state index in [1.165, 1.54) is 18.2 Å². The summed E-state index contributed by atoms with van der Waals surface area (Å²) < 4.78 is 37.2. The van der Waals surface area contributed by atoms with Gasteiger partial charge in [-0.15, -0.1) is 0 Å². The number of alkyl halides is 1. The largest absolute Gasteiger partial charge is 0.283 e. The van der Waals surface area contributed by atoms with Crippen LogP contribution in [0.3, 0.4) is 0 Å². The summed E-state index contributed by atoms with van der Waals surface area (Å²) in [5.41, 5.74) is 0.767. The number of halogens is 2. The van der Waals surface area contributed by atoms with E-state index in [0.717, 1.165) is 0 Å². The van der Waals surface area contributed by atoms with Crippen LogP contribution in [-0.2, 0) is 10.0 Å². The quantitative estimate of drug-likeness (QED) is 0.864. The number of hydrogen-bond donors (Lipinski definition) is 1. The SMILES string of the molecule is Cc1cc(NS(=O)(=O)CBr)ccc1F. The van der Waals surface area contributed by atoms with E-state index in [9.17, 15) is 12.8 Å². The van der Waals surface area contributed by atoms with Crippen LogP contribution in [0.15, 0.2) is 18.2 Å². The lowest BCUT2D eigenvalue weighted by Gasteiger charge is -2.06. The lowest BCUT2D eigenvalue weighted by Crippen LogP contribution is -2.13. The summed E-state index contributed by atoms with van der Waals surface area (Å²) in [5.74, 6) is -0.355. The Morgan fingerprint density at radius 3 is 2.64 bits per heavy atom. The van der Waals surface area contributed by atoms with E-state index in [1.807, 2.05) is 0 Å². The Hall–Kier alpha value is -0.620. The van der Waals surface area contributed by atoms with E-state index in [4.69, 9.17) is 0 Å². The van der Waals surface area contributed by atoms with Gasteiger partial charge in [-0.3, -0.25) is 4.72 Å². The second-order valence-corrected chi connectivity index (χ2v) is 5.82. The fourth-order valence-corrected chi connectivity index (χ4v) is 1.80. The molecule has 0 unspecified atom stereocenters. The van der Waals surface area contributed by atoms with Crippen molar-refractivity contribution in [1.82, 2.24) is 0 Å². The van der Waals surface area contributed by atoms with Crippen LogP contribution in [0, 0.1) is 12.7 Å². The molecule has 0 radical (unpaired) electrons. The summed E-state index contributed by atoms with van der Waals surface area (Å²) in [6.45, 7) is 1.57. The van der Waals surface area contributed by atoms with Crippen LogP contribution in [0.1, 0.15) is 5.56 Å². The van der Waals surface area contributed by atoms with Crippen LogP contribution in [0.2, 0.25) is 0 Å². The monoisotopic (exact) mass is 281 g/mol. The van der Waals surface area contributed by atoms with Crippen molar-refractivity contribution in [3.8, 4) is 0 Å². The maximum Gasteiger partial charge on any atom is 0.242 e. The third kappa shape index (κ3) is 2.95. The van der Waals surface area contributed by atoms with Gasteiger partial charge in [-0.1, -0.05) is 15.9 Å². The molecule has 0 saturated carbocycles. The Labute approximate surface area is 90.5 Å². The summed E-state index contributed by atoms with van der Waals surface area (Å²) in [4.78, 5) is 0. The first-order chi connectivity index (χ1) is 6.44. The third-order valence-electron chi connectivity index (χ3n) is 1.57. The van der Waals surface area contributed by atoms with E-state index in [-0.39, 0.29) is 10.5 Å². The molecule has 3 nitrogen and oxygen atoms in total. The topological polar surface area (TPSA) is 46.2 Å². The first kappa shape index (κ1) is 11.5. The van der Waals surface area contributed by atoms with Gasteiger partial charge < -0.3 is 0 Å². The maximum atomic E-state index is 12.8. The van der Waals surface area contributed by atoms with Gasteiger partial charge in [-0.05, 0) is 30.7 Å². The molecule has 0 aromatic heterocycles. The fourth-order valence-electron chi connectivity index (χ4n) is 0.915. The zero-order chi connectivity index (χ0) is 10.8. The molecule has 78 valence electrons. The average molecular weight is 282 g/mol. The first-order valence-electron chi connectivity index (χ1n) is 3.77. The number of nitrogens with one attached hydrogen (secondary N) is 1. The van der Waals surface area contributed by atoms with Crippen molar-refractivity contribution in [3.63, 3.8) is 0 Å². The van der Waals surface area contributed by atoms with Gasteiger partial charge in [0.25, 0.3) is 0 Å². The lowest BCUT2D eigenvalue weighted by atomic mass is 10.2. The van der Waals surface area contributed by atoms with Gasteiger partial charge in [0.05, 0.1) is 0 Å². The third-order valence-corrected chi connectivity index (χ3v) is 4.22. The minimum atomic E-state index is -3.36. The van der Waals surface area contributed by atoms with E-state index >= 15 is 0 Å². The van der Waals surface area contributed by atoms with Gasteiger partial charge >= 0.3 is 0 Å². The summed E-state index contributed by atoms with van der Waals surface area (Å²) in [6.07, 6.45) is 0. The molecule has 1 aromatic carbocycles. The molecule has 0 spiro atoms. The molecule has 0 atom stereocenters. The zero-order valence-electron chi connectivity index (χ0n) is 7.42. The summed E-state index contributed by atoms with van der Waals surface area (Å²) in [6, 6.07) is 4.04. The van der Waals surface area contributed by atoms with Crippen molar-refractivity contribution in [2.24, 2.45) is 0 Å². The van der Waals surface area contributed by atoms with Gasteiger partial charge in [-0.25, -0.2) is 12.8 Å². The van der Waals surface area contributed by atoms with Crippen molar-refractivity contribution >= 4 is 31.6 Å². The molecule has 0 aliphatic rings. The van der Waals surface area contributed by atoms with Crippen LogP contribution in [0.4, 0.5) is 10.1 Å². The second kappa shape index (κ2) is 4.27. The molecule has 6 heteroatoms. The Morgan fingerprint density at radius 2 is 2.14 bits per heavy atom.